The number of carbonyl (C=O) groups is 1. The van der Waals surface area contributed by atoms with Gasteiger partial charge in [0.15, 0.2) is 0 Å². The molecule has 1 aromatic rings. The summed E-state index contributed by atoms with van der Waals surface area (Å²) >= 11 is 0. The van der Waals surface area contributed by atoms with Crippen molar-refractivity contribution in [2.24, 2.45) is 5.73 Å². The maximum atomic E-state index is 12.0. The van der Waals surface area contributed by atoms with Gasteiger partial charge in [0, 0.05) is 25.2 Å². The Labute approximate surface area is 113 Å². The van der Waals surface area contributed by atoms with E-state index in [9.17, 15) is 4.79 Å². The molecule has 5 nitrogen and oxygen atoms in total. The van der Waals surface area contributed by atoms with Gasteiger partial charge in [0.25, 0.3) is 0 Å². The molecule has 19 heavy (non-hydrogen) atoms. The van der Waals surface area contributed by atoms with Crippen molar-refractivity contribution in [1.29, 1.82) is 0 Å². The summed E-state index contributed by atoms with van der Waals surface area (Å²) < 4.78 is 10.7. The van der Waals surface area contributed by atoms with Crippen LogP contribution in [0.1, 0.15) is 19.8 Å². The minimum Gasteiger partial charge on any atom is -0.494 e. The highest BCUT2D eigenvalue weighted by atomic mass is 16.6. The Kier molecular flexibility index (Phi) is 4.63. The molecule has 0 bridgehead atoms. The minimum atomic E-state index is -0.319. The summed E-state index contributed by atoms with van der Waals surface area (Å²) in [7, 11) is 0. The van der Waals surface area contributed by atoms with Crippen LogP contribution in [0.4, 0.5) is 4.79 Å². The maximum Gasteiger partial charge on any atom is 0.415 e. The standard InChI is InChI=1S/C14H20N2O3/c1-2-18-12-4-3-5-13(10-12)19-14(17)16-8-6-11(15)7-9-16/h3-5,10-11H,2,6-9,15H2,1H3. The topological polar surface area (TPSA) is 64.8 Å². The molecule has 1 aromatic carbocycles. The number of likely N-dealkylation sites (tertiary alicyclic amines) is 1. The summed E-state index contributed by atoms with van der Waals surface area (Å²) in [5.74, 6) is 1.21. The van der Waals surface area contributed by atoms with Gasteiger partial charge in [-0.1, -0.05) is 6.07 Å². The van der Waals surface area contributed by atoms with Crippen LogP contribution in [0.5, 0.6) is 11.5 Å². The molecule has 2 rings (SSSR count). The van der Waals surface area contributed by atoms with Crippen molar-refractivity contribution >= 4 is 6.09 Å². The molecule has 1 heterocycles. The van der Waals surface area contributed by atoms with E-state index in [1.807, 2.05) is 13.0 Å². The number of rotatable bonds is 3. The van der Waals surface area contributed by atoms with Gasteiger partial charge in [-0.05, 0) is 31.9 Å². The molecule has 5 heteroatoms. The largest absolute Gasteiger partial charge is 0.494 e. The number of hydrogen-bond acceptors (Lipinski definition) is 4. The van der Waals surface area contributed by atoms with Gasteiger partial charge >= 0.3 is 6.09 Å². The summed E-state index contributed by atoms with van der Waals surface area (Å²) in [5, 5.41) is 0. The van der Waals surface area contributed by atoms with E-state index < -0.39 is 0 Å². The Morgan fingerprint density at radius 3 is 2.74 bits per heavy atom. The maximum absolute atomic E-state index is 12.0. The van der Waals surface area contributed by atoms with Gasteiger partial charge in [-0.3, -0.25) is 0 Å². The fraction of sp³-hybridized carbons (Fsp3) is 0.500. The van der Waals surface area contributed by atoms with E-state index in [1.165, 1.54) is 0 Å². The predicted molar refractivity (Wildman–Crippen MR) is 72.4 cm³/mol. The first-order chi connectivity index (χ1) is 9.19. The predicted octanol–water partition coefficient (Wildman–Crippen LogP) is 2.01. The molecule has 1 fully saturated rings. The van der Waals surface area contributed by atoms with Gasteiger partial charge in [-0.25, -0.2) is 4.79 Å². The molecule has 0 saturated carbocycles. The van der Waals surface area contributed by atoms with E-state index >= 15 is 0 Å². The van der Waals surface area contributed by atoms with Gasteiger partial charge in [-0.15, -0.1) is 0 Å². The smallest absolute Gasteiger partial charge is 0.415 e. The van der Waals surface area contributed by atoms with Crippen molar-refractivity contribution in [2.75, 3.05) is 19.7 Å². The first-order valence-corrected chi connectivity index (χ1v) is 6.64. The Hall–Kier alpha value is -1.75. The van der Waals surface area contributed by atoms with Gasteiger partial charge in [-0.2, -0.15) is 0 Å². The highest BCUT2D eigenvalue weighted by molar-refractivity contribution is 5.71. The summed E-state index contributed by atoms with van der Waals surface area (Å²) in [4.78, 5) is 13.7. The number of hydrogen-bond donors (Lipinski definition) is 1. The molecule has 0 aromatic heterocycles. The first kappa shape index (κ1) is 13.7. The van der Waals surface area contributed by atoms with E-state index in [1.54, 1.807) is 23.1 Å². The second kappa shape index (κ2) is 6.43. The molecule has 2 N–H and O–H groups in total. The first-order valence-electron chi connectivity index (χ1n) is 6.64. The van der Waals surface area contributed by atoms with Crippen LogP contribution in [0.15, 0.2) is 24.3 Å². The summed E-state index contributed by atoms with van der Waals surface area (Å²) in [6, 6.07) is 7.30. The number of amides is 1. The molecule has 0 spiro atoms. The summed E-state index contributed by atoms with van der Waals surface area (Å²) in [5.41, 5.74) is 5.81. The lowest BCUT2D eigenvalue weighted by Crippen LogP contribution is -2.44. The number of nitrogens with zero attached hydrogens (tertiary/aromatic N) is 1. The van der Waals surface area contributed by atoms with Crippen molar-refractivity contribution < 1.29 is 14.3 Å². The van der Waals surface area contributed by atoms with E-state index in [4.69, 9.17) is 15.2 Å². The second-order valence-electron chi connectivity index (χ2n) is 4.60. The molecule has 0 aliphatic carbocycles. The van der Waals surface area contributed by atoms with Crippen LogP contribution in [-0.4, -0.2) is 36.7 Å². The lowest BCUT2D eigenvalue weighted by molar-refractivity contribution is 0.139. The Balaban J connectivity index is 1.93. The molecule has 0 atom stereocenters. The van der Waals surface area contributed by atoms with Gasteiger partial charge in [0.05, 0.1) is 6.61 Å². The number of benzene rings is 1. The van der Waals surface area contributed by atoms with Gasteiger partial charge < -0.3 is 20.1 Å². The Morgan fingerprint density at radius 1 is 1.37 bits per heavy atom. The molecule has 1 saturated heterocycles. The molecule has 1 aliphatic heterocycles. The Morgan fingerprint density at radius 2 is 2.05 bits per heavy atom. The quantitative estimate of drug-likeness (QED) is 0.907. The zero-order valence-corrected chi connectivity index (χ0v) is 11.2. The minimum absolute atomic E-state index is 0.199. The van der Waals surface area contributed by atoms with E-state index in [0.29, 0.717) is 31.2 Å². The molecule has 104 valence electrons. The zero-order chi connectivity index (χ0) is 13.7. The van der Waals surface area contributed by atoms with Crippen molar-refractivity contribution in [2.45, 2.75) is 25.8 Å². The van der Waals surface area contributed by atoms with E-state index in [2.05, 4.69) is 0 Å². The lowest BCUT2D eigenvalue weighted by atomic mass is 10.1. The fourth-order valence-corrected chi connectivity index (χ4v) is 2.04. The van der Waals surface area contributed by atoms with Crippen molar-refractivity contribution in [1.82, 2.24) is 4.90 Å². The average Bonchev–Trinajstić information content (AvgIpc) is 2.40. The highest BCUT2D eigenvalue weighted by Crippen LogP contribution is 2.20. The highest BCUT2D eigenvalue weighted by Gasteiger charge is 2.22. The van der Waals surface area contributed by atoms with Crippen LogP contribution >= 0.6 is 0 Å². The van der Waals surface area contributed by atoms with Crippen LogP contribution in [0.3, 0.4) is 0 Å². The number of nitrogens with two attached hydrogens (primary N) is 1. The third-order valence-corrected chi connectivity index (χ3v) is 3.12. The van der Waals surface area contributed by atoms with Crippen molar-refractivity contribution in [3.63, 3.8) is 0 Å². The van der Waals surface area contributed by atoms with Crippen LogP contribution < -0.4 is 15.2 Å². The summed E-state index contributed by atoms with van der Waals surface area (Å²) in [6.45, 7) is 3.81. The van der Waals surface area contributed by atoms with Crippen molar-refractivity contribution in [3.05, 3.63) is 24.3 Å². The van der Waals surface area contributed by atoms with Crippen LogP contribution in [0.2, 0.25) is 0 Å². The average molecular weight is 264 g/mol. The lowest BCUT2D eigenvalue weighted by Gasteiger charge is -2.29. The second-order valence-corrected chi connectivity index (χ2v) is 4.60. The van der Waals surface area contributed by atoms with Crippen LogP contribution in [-0.2, 0) is 0 Å². The van der Waals surface area contributed by atoms with Crippen molar-refractivity contribution in [3.8, 4) is 11.5 Å². The SMILES string of the molecule is CCOc1cccc(OC(=O)N2CCC(N)CC2)c1. The Bertz CT molecular complexity index is 428. The number of piperidine rings is 1. The fourth-order valence-electron chi connectivity index (χ4n) is 2.04. The number of carbonyl (C=O) groups excluding carboxylic acids is 1. The normalized spacial score (nSPS) is 16.2. The van der Waals surface area contributed by atoms with Gasteiger partial charge in [0.2, 0.25) is 0 Å². The molecular formula is C14H20N2O3. The van der Waals surface area contributed by atoms with E-state index in [-0.39, 0.29) is 12.1 Å². The van der Waals surface area contributed by atoms with E-state index in [0.717, 1.165) is 12.8 Å². The molecule has 1 aliphatic rings. The molecule has 0 unspecified atom stereocenters. The molecular weight excluding hydrogens is 244 g/mol. The zero-order valence-electron chi connectivity index (χ0n) is 11.2. The molecule has 1 amide bonds. The third-order valence-electron chi connectivity index (χ3n) is 3.12. The number of ether oxygens (including phenoxy) is 2. The monoisotopic (exact) mass is 264 g/mol. The third kappa shape index (κ3) is 3.86. The van der Waals surface area contributed by atoms with Crippen LogP contribution in [0, 0.1) is 0 Å². The van der Waals surface area contributed by atoms with Crippen LogP contribution in [0.25, 0.3) is 0 Å². The van der Waals surface area contributed by atoms with Gasteiger partial charge in [0.1, 0.15) is 11.5 Å². The molecule has 0 radical (unpaired) electrons. The summed E-state index contributed by atoms with van der Waals surface area (Å²) in [6.07, 6.45) is 1.34.